The van der Waals surface area contributed by atoms with Crippen LogP contribution in [0, 0.1) is 11.6 Å². The number of nitrogens with zero attached hydrogens (tertiary/aromatic N) is 1. The van der Waals surface area contributed by atoms with Crippen molar-refractivity contribution in [2.24, 2.45) is 0 Å². The van der Waals surface area contributed by atoms with Crippen LogP contribution < -0.4 is 5.73 Å². The fourth-order valence-corrected chi connectivity index (χ4v) is 1.83. The lowest BCUT2D eigenvalue weighted by molar-refractivity contribution is 0.0785. The van der Waals surface area contributed by atoms with Gasteiger partial charge in [-0.3, -0.25) is 4.79 Å². The lowest BCUT2D eigenvalue weighted by Gasteiger charge is -2.17. The minimum Gasteiger partial charge on any atom is -0.399 e. The number of benzene rings is 2. The van der Waals surface area contributed by atoms with E-state index in [9.17, 15) is 13.6 Å². The van der Waals surface area contributed by atoms with Gasteiger partial charge in [-0.2, -0.15) is 0 Å². The van der Waals surface area contributed by atoms with Crippen LogP contribution in [0.2, 0.25) is 0 Å². The predicted octanol–water partition coefficient (Wildman–Crippen LogP) is 2.82. The number of hydrogen-bond acceptors (Lipinski definition) is 2. The second-order valence-corrected chi connectivity index (χ2v) is 4.53. The third kappa shape index (κ3) is 3.12. The molecule has 2 N–H and O–H groups in total. The lowest BCUT2D eigenvalue weighted by atomic mass is 10.1. The Bertz CT molecular complexity index is 626. The first kappa shape index (κ1) is 14.0. The van der Waals surface area contributed by atoms with Gasteiger partial charge in [0.1, 0.15) is 0 Å². The van der Waals surface area contributed by atoms with Gasteiger partial charge in [-0.1, -0.05) is 6.07 Å². The molecule has 2 rings (SSSR count). The third-order valence-corrected chi connectivity index (χ3v) is 2.91. The van der Waals surface area contributed by atoms with Gasteiger partial charge < -0.3 is 10.6 Å². The Hall–Kier alpha value is -2.43. The number of carbonyl (C=O) groups excluding carboxylic acids is 1. The van der Waals surface area contributed by atoms with Crippen LogP contribution in [0.3, 0.4) is 0 Å². The van der Waals surface area contributed by atoms with E-state index >= 15 is 0 Å². The number of nitrogens with two attached hydrogens (primary N) is 1. The minimum atomic E-state index is -0.921. The van der Waals surface area contributed by atoms with Crippen molar-refractivity contribution in [3.05, 3.63) is 65.2 Å². The fraction of sp³-hybridized carbons (Fsp3) is 0.133. The summed E-state index contributed by atoms with van der Waals surface area (Å²) in [5, 5.41) is 0. The van der Waals surface area contributed by atoms with Crippen molar-refractivity contribution in [1.82, 2.24) is 4.90 Å². The van der Waals surface area contributed by atoms with E-state index in [4.69, 9.17) is 5.73 Å². The average Bonchev–Trinajstić information content (AvgIpc) is 2.43. The maximum Gasteiger partial charge on any atom is 0.253 e. The normalized spacial score (nSPS) is 10.3. The molecule has 20 heavy (non-hydrogen) atoms. The molecular weight excluding hydrogens is 262 g/mol. The molecule has 0 aliphatic rings. The van der Waals surface area contributed by atoms with E-state index in [1.807, 2.05) is 0 Å². The molecule has 0 spiro atoms. The fourth-order valence-electron chi connectivity index (χ4n) is 1.83. The van der Waals surface area contributed by atoms with Crippen molar-refractivity contribution in [2.45, 2.75) is 6.54 Å². The predicted molar refractivity (Wildman–Crippen MR) is 73.0 cm³/mol. The highest BCUT2D eigenvalue weighted by atomic mass is 19.2. The van der Waals surface area contributed by atoms with Gasteiger partial charge in [-0.15, -0.1) is 0 Å². The zero-order valence-electron chi connectivity index (χ0n) is 10.9. The Morgan fingerprint density at radius 1 is 1.10 bits per heavy atom. The van der Waals surface area contributed by atoms with Crippen LogP contribution in [0.25, 0.3) is 0 Å². The van der Waals surface area contributed by atoms with E-state index in [1.165, 1.54) is 11.0 Å². The molecule has 0 bridgehead atoms. The summed E-state index contributed by atoms with van der Waals surface area (Å²) < 4.78 is 25.9. The molecule has 104 valence electrons. The number of rotatable bonds is 3. The van der Waals surface area contributed by atoms with Gasteiger partial charge in [0, 0.05) is 24.8 Å². The number of anilines is 1. The zero-order valence-corrected chi connectivity index (χ0v) is 10.9. The molecule has 1 amide bonds. The van der Waals surface area contributed by atoms with Crippen molar-refractivity contribution in [3.8, 4) is 0 Å². The highest BCUT2D eigenvalue weighted by Gasteiger charge is 2.12. The van der Waals surface area contributed by atoms with Gasteiger partial charge in [0.25, 0.3) is 5.91 Å². The molecule has 0 radical (unpaired) electrons. The number of halogens is 2. The highest BCUT2D eigenvalue weighted by Crippen LogP contribution is 2.13. The van der Waals surface area contributed by atoms with E-state index in [0.717, 1.165) is 12.1 Å². The molecule has 0 aliphatic carbocycles. The van der Waals surface area contributed by atoms with E-state index in [2.05, 4.69) is 0 Å². The maximum atomic E-state index is 13.1. The first-order chi connectivity index (χ1) is 9.47. The van der Waals surface area contributed by atoms with Crippen molar-refractivity contribution in [3.63, 3.8) is 0 Å². The van der Waals surface area contributed by atoms with Crippen molar-refractivity contribution in [2.75, 3.05) is 12.8 Å². The summed E-state index contributed by atoms with van der Waals surface area (Å²) in [5.41, 5.74) is 7.14. The Balaban J connectivity index is 2.11. The Kier molecular flexibility index (Phi) is 3.98. The molecule has 0 atom stereocenters. The maximum absolute atomic E-state index is 13.1. The van der Waals surface area contributed by atoms with Crippen LogP contribution in [-0.4, -0.2) is 17.9 Å². The Morgan fingerprint density at radius 2 is 1.75 bits per heavy atom. The van der Waals surface area contributed by atoms with Gasteiger partial charge in [0.2, 0.25) is 0 Å². The van der Waals surface area contributed by atoms with Crippen LogP contribution >= 0.6 is 0 Å². The molecule has 0 aliphatic heterocycles. The molecular formula is C15H14F2N2O. The zero-order chi connectivity index (χ0) is 14.7. The van der Waals surface area contributed by atoms with Gasteiger partial charge in [0.15, 0.2) is 11.6 Å². The average molecular weight is 276 g/mol. The standard InChI is InChI=1S/C15H14F2N2O/c1-19(9-10-2-7-13(16)14(17)8-10)15(20)11-3-5-12(18)6-4-11/h2-8H,9,18H2,1H3. The van der Waals surface area contributed by atoms with Crippen LogP contribution in [0.1, 0.15) is 15.9 Å². The quantitative estimate of drug-likeness (QED) is 0.876. The summed E-state index contributed by atoms with van der Waals surface area (Å²) in [6.07, 6.45) is 0. The molecule has 0 saturated carbocycles. The summed E-state index contributed by atoms with van der Waals surface area (Å²) >= 11 is 0. The van der Waals surface area contributed by atoms with Gasteiger partial charge in [-0.05, 0) is 42.0 Å². The second kappa shape index (κ2) is 5.69. The summed E-state index contributed by atoms with van der Waals surface area (Å²) in [6.45, 7) is 0.195. The van der Waals surface area contributed by atoms with Crippen LogP contribution in [0.4, 0.5) is 14.5 Å². The van der Waals surface area contributed by atoms with Gasteiger partial charge >= 0.3 is 0 Å². The molecule has 2 aromatic rings. The molecule has 3 nitrogen and oxygen atoms in total. The molecule has 0 unspecified atom stereocenters. The van der Waals surface area contributed by atoms with Gasteiger partial charge in [0.05, 0.1) is 0 Å². The second-order valence-electron chi connectivity index (χ2n) is 4.53. The van der Waals surface area contributed by atoms with Crippen molar-refractivity contribution >= 4 is 11.6 Å². The monoisotopic (exact) mass is 276 g/mol. The van der Waals surface area contributed by atoms with E-state index in [1.54, 1.807) is 31.3 Å². The Morgan fingerprint density at radius 3 is 2.35 bits per heavy atom. The number of carbonyl (C=O) groups is 1. The van der Waals surface area contributed by atoms with Crippen LogP contribution in [0.15, 0.2) is 42.5 Å². The molecule has 0 aromatic heterocycles. The van der Waals surface area contributed by atoms with E-state index in [0.29, 0.717) is 16.8 Å². The summed E-state index contributed by atoms with van der Waals surface area (Å²) in [7, 11) is 1.60. The SMILES string of the molecule is CN(Cc1ccc(F)c(F)c1)C(=O)c1ccc(N)cc1. The first-order valence-electron chi connectivity index (χ1n) is 6.02. The molecule has 0 heterocycles. The first-order valence-corrected chi connectivity index (χ1v) is 6.02. The minimum absolute atomic E-state index is 0.195. The smallest absolute Gasteiger partial charge is 0.253 e. The van der Waals surface area contributed by atoms with E-state index in [-0.39, 0.29) is 12.5 Å². The van der Waals surface area contributed by atoms with Crippen LogP contribution in [0.5, 0.6) is 0 Å². The highest BCUT2D eigenvalue weighted by molar-refractivity contribution is 5.94. The largest absolute Gasteiger partial charge is 0.399 e. The number of nitrogen functional groups attached to an aromatic ring is 1. The third-order valence-electron chi connectivity index (χ3n) is 2.91. The summed E-state index contributed by atoms with van der Waals surface area (Å²) in [5.74, 6) is -2.04. The molecule has 5 heteroatoms. The van der Waals surface area contributed by atoms with E-state index < -0.39 is 11.6 Å². The molecule has 2 aromatic carbocycles. The summed E-state index contributed by atoms with van der Waals surface area (Å²) in [6, 6.07) is 10.1. The van der Waals surface area contributed by atoms with Crippen molar-refractivity contribution in [1.29, 1.82) is 0 Å². The molecule has 0 saturated heterocycles. The van der Waals surface area contributed by atoms with Crippen LogP contribution in [-0.2, 0) is 6.54 Å². The Labute approximate surface area is 115 Å². The van der Waals surface area contributed by atoms with Crippen molar-refractivity contribution < 1.29 is 13.6 Å². The molecule has 0 fully saturated rings. The number of hydrogen-bond donors (Lipinski definition) is 1. The topological polar surface area (TPSA) is 46.3 Å². The van der Waals surface area contributed by atoms with Gasteiger partial charge in [-0.25, -0.2) is 8.78 Å². The number of amides is 1. The summed E-state index contributed by atoms with van der Waals surface area (Å²) in [4.78, 5) is 13.6. The lowest BCUT2D eigenvalue weighted by Crippen LogP contribution is -2.26.